The molecule has 0 bridgehead atoms. The van der Waals surface area contributed by atoms with Crippen molar-refractivity contribution in [3.8, 4) is 5.75 Å². The summed E-state index contributed by atoms with van der Waals surface area (Å²) in [6.45, 7) is 1.78. The molecule has 6 nitrogen and oxygen atoms in total. The van der Waals surface area contributed by atoms with Crippen LogP contribution in [0, 0.1) is 22.9 Å². The molecule has 0 amide bonds. The van der Waals surface area contributed by atoms with Crippen LogP contribution in [0.2, 0.25) is 0 Å². The van der Waals surface area contributed by atoms with E-state index < -0.39 is 32.3 Å². The molecule has 0 heterocycles. The van der Waals surface area contributed by atoms with Crippen molar-refractivity contribution in [1.29, 1.82) is 0 Å². The first-order valence-corrected chi connectivity index (χ1v) is 7.15. The molecule has 0 aliphatic rings. The minimum atomic E-state index is -4.23. The summed E-state index contributed by atoms with van der Waals surface area (Å²) in [5.41, 5.74) is 0.0902. The summed E-state index contributed by atoms with van der Waals surface area (Å²) in [7, 11) is -4.23. The molecule has 0 aromatic heterocycles. The Morgan fingerprint density at radius 1 is 1.14 bits per heavy atom. The van der Waals surface area contributed by atoms with Gasteiger partial charge in [-0.05, 0) is 31.2 Å². The lowest BCUT2D eigenvalue weighted by Crippen LogP contribution is -2.11. The fourth-order valence-corrected chi connectivity index (χ4v) is 2.52. The van der Waals surface area contributed by atoms with Gasteiger partial charge in [-0.1, -0.05) is 17.7 Å². The van der Waals surface area contributed by atoms with Crippen LogP contribution in [0.25, 0.3) is 0 Å². The maximum atomic E-state index is 13.0. The minimum absolute atomic E-state index is 0.147. The maximum absolute atomic E-state index is 13.0. The van der Waals surface area contributed by atoms with Crippen LogP contribution in [0.4, 0.5) is 10.1 Å². The number of nitrogens with zero attached hydrogens (tertiary/aromatic N) is 1. The van der Waals surface area contributed by atoms with Gasteiger partial charge in [0, 0.05) is 0 Å². The Hall–Kier alpha value is -2.48. The molecule has 0 saturated heterocycles. The maximum Gasteiger partial charge on any atom is 0.339 e. The van der Waals surface area contributed by atoms with E-state index in [9.17, 15) is 22.9 Å². The quantitative estimate of drug-likeness (QED) is 0.492. The largest absolute Gasteiger partial charge is 0.372 e. The number of aryl methyl sites for hydroxylation is 1. The summed E-state index contributed by atoms with van der Waals surface area (Å²) in [6.07, 6.45) is 0. The highest BCUT2D eigenvalue weighted by Crippen LogP contribution is 2.30. The first-order valence-electron chi connectivity index (χ1n) is 5.75. The van der Waals surface area contributed by atoms with Crippen molar-refractivity contribution in [1.82, 2.24) is 0 Å². The summed E-state index contributed by atoms with van der Waals surface area (Å²) in [5.74, 6) is -1.40. The van der Waals surface area contributed by atoms with E-state index in [1.165, 1.54) is 12.1 Å². The van der Waals surface area contributed by atoms with E-state index in [-0.39, 0.29) is 4.90 Å². The molecule has 2 aromatic carbocycles. The van der Waals surface area contributed by atoms with Crippen LogP contribution >= 0.6 is 0 Å². The van der Waals surface area contributed by atoms with Gasteiger partial charge in [0.05, 0.1) is 11.0 Å². The first-order chi connectivity index (χ1) is 9.79. The SMILES string of the molecule is Cc1ccc(S(=O)(=O)Oc2ccc(F)cc2[N+](=O)[O-])cc1. The zero-order chi connectivity index (χ0) is 15.6. The lowest BCUT2D eigenvalue weighted by Gasteiger charge is -2.07. The van der Waals surface area contributed by atoms with Crippen molar-refractivity contribution < 1.29 is 21.9 Å². The predicted molar refractivity (Wildman–Crippen MR) is 72.0 cm³/mol. The number of nitro benzene ring substituents is 1. The molecule has 0 spiro atoms. The molecule has 8 heteroatoms. The molecule has 0 unspecified atom stereocenters. The first kappa shape index (κ1) is 14.9. The average molecular weight is 311 g/mol. The highest BCUT2D eigenvalue weighted by molar-refractivity contribution is 7.87. The van der Waals surface area contributed by atoms with E-state index in [0.29, 0.717) is 6.07 Å². The lowest BCUT2D eigenvalue weighted by molar-refractivity contribution is -0.385. The summed E-state index contributed by atoms with van der Waals surface area (Å²) in [5, 5.41) is 10.8. The van der Waals surface area contributed by atoms with E-state index in [1.54, 1.807) is 19.1 Å². The van der Waals surface area contributed by atoms with E-state index in [1.807, 2.05) is 0 Å². The molecule has 110 valence electrons. The number of nitro groups is 1. The number of benzene rings is 2. The smallest absolute Gasteiger partial charge is 0.339 e. The second-order valence-corrected chi connectivity index (χ2v) is 5.77. The Bertz CT molecular complexity index is 787. The summed E-state index contributed by atoms with van der Waals surface area (Å²) < 4.78 is 41.8. The lowest BCUT2D eigenvalue weighted by atomic mass is 10.2. The normalized spacial score (nSPS) is 11.1. The Kier molecular flexibility index (Phi) is 3.90. The number of halogens is 1. The Balaban J connectivity index is 2.41. The van der Waals surface area contributed by atoms with Gasteiger partial charge in [0.1, 0.15) is 10.7 Å². The molecule has 0 saturated carbocycles. The topological polar surface area (TPSA) is 86.5 Å². The van der Waals surface area contributed by atoms with Crippen molar-refractivity contribution in [2.24, 2.45) is 0 Å². The molecule has 0 aliphatic carbocycles. The predicted octanol–water partition coefficient (Wildman–Crippen LogP) is 2.81. The van der Waals surface area contributed by atoms with Crippen molar-refractivity contribution >= 4 is 15.8 Å². The third-order valence-electron chi connectivity index (χ3n) is 2.63. The summed E-state index contributed by atoms with van der Waals surface area (Å²) in [4.78, 5) is 9.74. The van der Waals surface area contributed by atoms with Crippen LogP contribution in [-0.2, 0) is 10.1 Å². The van der Waals surface area contributed by atoms with Gasteiger partial charge in [-0.15, -0.1) is 0 Å². The third kappa shape index (κ3) is 3.34. The fourth-order valence-electron chi connectivity index (χ4n) is 1.57. The van der Waals surface area contributed by atoms with E-state index in [2.05, 4.69) is 0 Å². The van der Waals surface area contributed by atoms with Gasteiger partial charge < -0.3 is 4.18 Å². The number of hydrogen-bond acceptors (Lipinski definition) is 5. The van der Waals surface area contributed by atoms with Gasteiger partial charge in [0.25, 0.3) is 0 Å². The zero-order valence-corrected chi connectivity index (χ0v) is 11.6. The molecule has 2 rings (SSSR count). The molecule has 2 aromatic rings. The highest BCUT2D eigenvalue weighted by Gasteiger charge is 2.23. The number of hydrogen-bond donors (Lipinski definition) is 0. The van der Waals surface area contributed by atoms with Crippen LogP contribution in [0.1, 0.15) is 5.56 Å². The van der Waals surface area contributed by atoms with E-state index >= 15 is 0 Å². The van der Waals surface area contributed by atoms with Gasteiger partial charge in [0.15, 0.2) is 0 Å². The van der Waals surface area contributed by atoms with E-state index in [4.69, 9.17) is 4.18 Å². The monoisotopic (exact) mass is 311 g/mol. The highest BCUT2D eigenvalue weighted by atomic mass is 32.2. The van der Waals surface area contributed by atoms with Gasteiger partial charge in [-0.3, -0.25) is 10.1 Å². The molecule has 21 heavy (non-hydrogen) atoms. The van der Waals surface area contributed by atoms with Crippen molar-refractivity contribution in [3.63, 3.8) is 0 Å². The Morgan fingerprint density at radius 3 is 2.33 bits per heavy atom. The average Bonchev–Trinajstić information content (AvgIpc) is 2.41. The molecule has 0 atom stereocenters. The molecule has 0 radical (unpaired) electrons. The van der Waals surface area contributed by atoms with Gasteiger partial charge >= 0.3 is 15.8 Å². The molecule has 0 fully saturated rings. The minimum Gasteiger partial charge on any atom is -0.372 e. The van der Waals surface area contributed by atoms with Crippen LogP contribution in [0.15, 0.2) is 47.4 Å². The van der Waals surface area contributed by atoms with Gasteiger partial charge in [0.2, 0.25) is 5.75 Å². The van der Waals surface area contributed by atoms with Gasteiger partial charge in [-0.2, -0.15) is 8.42 Å². The summed E-state index contributed by atoms with van der Waals surface area (Å²) in [6, 6.07) is 8.15. The van der Waals surface area contributed by atoms with Gasteiger partial charge in [-0.25, -0.2) is 4.39 Å². The Morgan fingerprint density at radius 2 is 1.76 bits per heavy atom. The van der Waals surface area contributed by atoms with Crippen LogP contribution < -0.4 is 4.18 Å². The van der Waals surface area contributed by atoms with Crippen LogP contribution in [-0.4, -0.2) is 13.3 Å². The van der Waals surface area contributed by atoms with Crippen molar-refractivity contribution in [2.45, 2.75) is 11.8 Å². The zero-order valence-electron chi connectivity index (χ0n) is 10.8. The standard InChI is InChI=1S/C13H10FNO5S/c1-9-2-5-11(6-3-9)21(18,19)20-13-7-4-10(14)8-12(13)15(16)17/h2-8H,1H3. The molecule has 0 N–H and O–H groups in total. The third-order valence-corrected chi connectivity index (χ3v) is 3.88. The Labute approximate surface area is 120 Å². The number of rotatable bonds is 4. The molecular formula is C13H10FNO5S. The van der Waals surface area contributed by atoms with E-state index in [0.717, 1.165) is 17.7 Å². The summed E-state index contributed by atoms with van der Waals surface area (Å²) >= 11 is 0. The molecular weight excluding hydrogens is 301 g/mol. The van der Waals surface area contributed by atoms with Crippen LogP contribution in [0.5, 0.6) is 5.75 Å². The van der Waals surface area contributed by atoms with Crippen molar-refractivity contribution in [2.75, 3.05) is 0 Å². The van der Waals surface area contributed by atoms with Crippen molar-refractivity contribution in [3.05, 3.63) is 64.0 Å². The molecule has 0 aliphatic heterocycles. The fraction of sp³-hybridized carbons (Fsp3) is 0.0769. The van der Waals surface area contributed by atoms with Crippen LogP contribution in [0.3, 0.4) is 0 Å². The second kappa shape index (κ2) is 5.49. The second-order valence-electron chi connectivity index (χ2n) is 4.22.